The van der Waals surface area contributed by atoms with Gasteiger partial charge in [0.2, 0.25) is 5.88 Å². The molecule has 2 heterocycles. The molecule has 0 spiro atoms. The highest BCUT2D eigenvalue weighted by molar-refractivity contribution is 5.90. The molecule has 11 heteroatoms. The minimum atomic E-state index is -0.661. The van der Waals surface area contributed by atoms with Gasteiger partial charge in [0.15, 0.2) is 0 Å². The second-order valence-electron chi connectivity index (χ2n) is 8.86. The molecular formula is C26H31F2N5O4. The summed E-state index contributed by atoms with van der Waals surface area (Å²) in [6.45, 7) is 3.76. The molecule has 0 radical (unpaired) electrons. The van der Waals surface area contributed by atoms with E-state index in [9.17, 15) is 13.6 Å². The van der Waals surface area contributed by atoms with Crippen molar-refractivity contribution >= 4 is 11.8 Å². The van der Waals surface area contributed by atoms with Crippen molar-refractivity contribution < 1.29 is 28.2 Å². The molecule has 0 unspecified atom stereocenters. The molecule has 3 N–H and O–H groups in total. The third kappa shape index (κ3) is 6.43. The molecule has 2 atom stereocenters. The van der Waals surface area contributed by atoms with Gasteiger partial charge in [-0.1, -0.05) is 18.2 Å². The number of likely N-dealkylation sites (tertiary alicyclic amines) is 1. The number of carbonyl (C=O) groups excluding carboxylic acids is 1. The molecule has 1 aliphatic heterocycles. The Morgan fingerprint density at radius 2 is 1.86 bits per heavy atom. The second-order valence-corrected chi connectivity index (χ2v) is 8.86. The van der Waals surface area contributed by atoms with E-state index < -0.39 is 23.7 Å². The monoisotopic (exact) mass is 515 g/mol. The number of hydrogen-bond donors (Lipinski definition) is 3. The Kier molecular flexibility index (Phi) is 8.70. The lowest BCUT2D eigenvalue weighted by Crippen LogP contribution is -2.42. The number of aliphatic hydroxyl groups excluding tert-OH is 1. The van der Waals surface area contributed by atoms with E-state index in [0.717, 1.165) is 6.07 Å². The Morgan fingerprint density at radius 1 is 1.14 bits per heavy atom. The number of carbonyl (C=O) groups is 1. The van der Waals surface area contributed by atoms with E-state index in [0.29, 0.717) is 48.9 Å². The van der Waals surface area contributed by atoms with E-state index in [-0.39, 0.29) is 25.0 Å². The Hall–Kier alpha value is -3.54. The average Bonchev–Trinajstić information content (AvgIpc) is 3.42. The lowest BCUT2D eigenvalue weighted by Gasteiger charge is -2.21. The Balaban J connectivity index is 1.57. The molecule has 1 saturated heterocycles. The van der Waals surface area contributed by atoms with Crippen LogP contribution in [0.4, 0.5) is 19.4 Å². The minimum absolute atomic E-state index is 0.0591. The number of aromatic nitrogens is 2. The number of anilines is 1. The number of hydrogen-bond acceptors (Lipinski definition) is 6. The number of halogens is 2. The number of nitrogens with one attached hydrogen (secondary N) is 2. The molecule has 2 aromatic carbocycles. The third-order valence-electron chi connectivity index (χ3n) is 6.28. The Morgan fingerprint density at radius 3 is 2.54 bits per heavy atom. The highest BCUT2D eigenvalue weighted by Crippen LogP contribution is 2.31. The molecule has 198 valence electrons. The second kappa shape index (κ2) is 12.1. The van der Waals surface area contributed by atoms with Crippen LogP contribution >= 0.6 is 0 Å². The quantitative estimate of drug-likeness (QED) is 0.384. The predicted octanol–water partition coefficient (Wildman–Crippen LogP) is 3.07. The Bertz CT molecular complexity index is 1190. The topological polar surface area (TPSA) is 101 Å². The summed E-state index contributed by atoms with van der Waals surface area (Å²) in [5.74, 6) is -0.957. The molecule has 4 rings (SSSR count). The lowest BCUT2D eigenvalue weighted by molar-refractivity contribution is 0.159. The SMILES string of the molecule is COCCN1C[C@@H](NC(=O)Nc2c(C)c(OCCO)nn2-c2ccccc2)[C@H](c2cc(F)cc(F)c2)C1. The van der Waals surface area contributed by atoms with Crippen LogP contribution in [0.25, 0.3) is 5.69 Å². The van der Waals surface area contributed by atoms with Crippen molar-refractivity contribution in [2.45, 2.75) is 18.9 Å². The van der Waals surface area contributed by atoms with Crippen LogP contribution in [-0.4, -0.2) is 78.4 Å². The summed E-state index contributed by atoms with van der Waals surface area (Å²) in [5, 5.41) is 19.5. The molecule has 2 amide bonds. The fraction of sp³-hybridized carbons (Fsp3) is 0.385. The van der Waals surface area contributed by atoms with Gasteiger partial charge in [0.1, 0.15) is 24.1 Å². The zero-order valence-corrected chi connectivity index (χ0v) is 20.8. The molecule has 0 aliphatic carbocycles. The van der Waals surface area contributed by atoms with Gasteiger partial charge >= 0.3 is 6.03 Å². The van der Waals surface area contributed by atoms with Gasteiger partial charge in [0.05, 0.1) is 30.5 Å². The normalized spacial score (nSPS) is 17.6. The van der Waals surface area contributed by atoms with E-state index in [1.807, 2.05) is 30.3 Å². The van der Waals surface area contributed by atoms with E-state index in [4.69, 9.17) is 14.6 Å². The number of methoxy groups -OCH3 is 1. The summed E-state index contributed by atoms with van der Waals surface area (Å²) >= 11 is 0. The fourth-order valence-electron chi connectivity index (χ4n) is 4.53. The number of amides is 2. The van der Waals surface area contributed by atoms with Gasteiger partial charge in [0.25, 0.3) is 0 Å². The lowest BCUT2D eigenvalue weighted by atomic mass is 9.94. The summed E-state index contributed by atoms with van der Waals surface area (Å²) in [6.07, 6.45) is 0. The maximum atomic E-state index is 14.0. The van der Waals surface area contributed by atoms with Crippen molar-refractivity contribution in [3.05, 3.63) is 71.3 Å². The standard InChI is InChI=1S/C26H31F2N5O4/c1-17-24(33(21-6-4-3-5-7-21)31-25(17)37-11-9-34)30-26(35)29-23-16-32(8-10-36-2)15-22(23)18-12-19(27)14-20(28)13-18/h3-7,12-14,22-23,34H,8-11,15-16H2,1-2H3,(H2,29,30,35)/t22-,23+/m0/s1. The van der Waals surface area contributed by atoms with Crippen molar-refractivity contribution in [2.75, 3.05) is 51.9 Å². The first kappa shape index (κ1) is 26.5. The number of rotatable bonds is 10. The average molecular weight is 516 g/mol. The number of benzene rings is 2. The van der Waals surface area contributed by atoms with Gasteiger partial charge in [-0.3, -0.25) is 10.2 Å². The summed E-state index contributed by atoms with van der Waals surface area (Å²) in [4.78, 5) is 15.3. The largest absolute Gasteiger partial charge is 0.474 e. The summed E-state index contributed by atoms with van der Waals surface area (Å²) in [7, 11) is 1.61. The predicted molar refractivity (Wildman–Crippen MR) is 134 cm³/mol. The first-order valence-electron chi connectivity index (χ1n) is 12.0. The van der Waals surface area contributed by atoms with Crippen LogP contribution in [0.1, 0.15) is 17.0 Å². The molecule has 0 saturated carbocycles. The Labute approximate surface area is 214 Å². The molecule has 0 bridgehead atoms. The molecule has 37 heavy (non-hydrogen) atoms. The van der Waals surface area contributed by atoms with Crippen LogP contribution in [0, 0.1) is 18.6 Å². The van der Waals surface area contributed by atoms with Gasteiger partial charge in [-0.05, 0) is 36.8 Å². The number of urea groups is 1. The molecule has 3 aromatic rings. The fourth-order valence-corrected chi connectivity index (χ4v) is 4.53. The van der Waals surface area contributed by atoms with Crippen molar-refractivity contribution in [3.63, 3.8) is 0 Å². The highest BCUT2D eigenvalue weighted by Gasteiger charge is 2.35. The number of ether oxygens (including phenoxy) is 2. The zero-order chi connectivity index (χ0) is 26.4. The van der Waals surface area contributed by atoms with E-state index in [2.05, 4.69) is 20.6 Å². The molecule has 1 fully saturated rings. The maximum absolute atomic E-state index is 14.0. The van der Waals surface area contributed by atoms with Crippen LogP contribution in [0.15, 0.2) is 48.5 Å². The number of nitrogens with zero attached hydrogens (tertiary/aromatic N) is 3. The van der Waals surface area contributed by atoms with Crippen LogP contribution in [0.3, 0.4) is 0 Å². The minimum Gasteiger partial charge on any atom is -0.474 e. The van der Waals surface area contributed by atoms with E-state index in [1.165, 1.54) is 12.1 Å². The first-order valence-corrected chi connectivity index (χ1v) is 12.0. The third-order valence-corrected chi connectivity index (χ3v) is 6.28. The van der Waals surface area contributed by atoms with Crippen molar-refractivity contribution in [2.24, 2.45) is 0 Å². The first-order chi connectivity index (χ1) is 17.9. The smallest absolute Gasteiger partial charge is 0.320 e. The van der Waals surface area contributed by atoms with E-state index >= 15 is 0 Å². The maximum Gasteiger partial charge on any atom is 0.320 e. The number of para-hydroxylation sites is 1. The zero-order valence-electron chi connectivity index (χ0n) is 20.8. The molecule has 9 nitrogen and oxygen atoms in total. The number of aliphatic hydroxyl groups is 1. The summed E-state index contributed by atoms with van der Waals surface area (Å²) in [5.41, 5.74) is 1.77. The highest BCUT2D eigenvalue weighted by atomic mass is 19.1. The van der Waals surface area contributed by atoms with Crippen molar-refractivity contribution in [1.29, 1.82) is 0 Å². The van der Waals surface area contributed by atoms with Crippen LogP contribution in [0.2, 0.25) is 0 Å². The van der Waals surface area contributed by atoms with Gasteiger partial charge < -0.3 is 19.9 Å². The summed E-state index contributed by atoms with van der Waals surface area (Å²) < 4.78 is 40.3. The van der Waals surface area contributed by atoms with Crippen LogP contribution in [0.5, 0.6) is 5.88 Å². The molecule has 1 aromatic heterocycles. The summed E-state index contributed by atoms with van der Waals surface area (Å²) in [6, 6.07) is 11.8. The van der Waals surface area contributed by atoms with Gasteiger partial charge in [-0.15, -0.1) is 5.10 Å². The van der Waals surface area contributed by atoms with Gasteiger partial charge in [0, 0.05) is 38.7 Å². The van der Waals surface area contributed by atoms with Crippen LogP contribution < -0.4 is 15.4 Å². The van der Waals surface area contributed by atoms with Crippen molar-refractivity contribution in [1.82, 2.24) is 20.0 Å². The molecule has 1 aliphatic rings. The van der Waals surface area contributed by atoms with Crippen LogP contribution in [-0.2, 0) is 4.74 Å². The molecular weight excluding hydrogens is 484 g/mol. The van der Waals surface area contributed by atoms with Gasteiger partial charge in [-0.2, -0.15) is 0 Å². The van der Waals surface area contributed by atoms with Crippen molar-refractivity contribution in [3.8, 4) is 11.6 Å². The van der Waals surface area contributed by atoms with E-state index in [1.54, 1.807) is 18.7 Å². The van der Waals surface area contributed by atoms with Gasteiger partial charge in [-0.25, -0.2) is 18.3 Å².